The van der Waals surface area contributed by atoms with Gasteiger partial charge >= 0.3 is 5.97 Å². The lowest BCUT2D eigenvalue weighted by atomic mass is 10.2. The Morgan fingerprint density at radius 1 is 1.21 bits per heavy atom. The zero-order valence-electron chi connectivity index (χ0n) is 13.8. The Morgan fingerprint density at radius 2 is 2.00 bits per heavy atom. The van der Waals surface area contributed by atoms with E-state index in [0.29, 0.717) is 18.1 Å². The van der Waals surface area contributed by atoms with Crippen LogP contribution in [-0.4, -0.2) is 37.1 Å². The highest BCUT2D eigenvalue weighted by molar-refractivity contribution is 5.72. The van der Waals surface area contributed by atoms with Crippen LogP contribution >= 0.6 is 0 Å². The third-order valence-corrected chi connectivity index (χ3v) is 3.60. The van der Waals surface area contributed by atoms with E-state index in [9.17, 15) is 4.79 Å². The lowest BCUT2D eigenvalue weighted by Crippen LogP contribution is -2.11. The summed E-state index contributed by atoms with van der Waals surface area (Å²) in [6, 6.07) is 3.80. The van der Waals surface area contributed by atoms with Crippen molar-refractivity contribution in [2.75, 3.05) is 6.61 Å². The minimum absolute atomic E-state index is 0.0837. The fourth-order valence-electron chi connectivity index (χ4n) is 2.53. The van der Waals surface area contributed by atoms with Crippen molar-refractivity contribution in [3.8, 4) is 11.3 Å². The number of aromatic nitrogens is 5. The number of hydrogen-bond acceptors (Lipinski definition) is 6. The standard InChI is InChI=1S/C17H19N5O2/c1-3-5-13-17-21-20-15(10-16(23)24-4-2)22(17)11-14(19-13)12-6-8-18-9-7-12/h6-9,11H,3-5,10H2,1-2H3. The van der Waals surface area contributed by atoms with Crippen LogP contribution in [0.4, 0.5) is 0 Å². The Labute approximate surface area is 139 Å². The lowest BCUT2D eigenvalue weighted by Gasteiger charge is -2.08. The smallest absolute Gasteiger partial charge is 0.313 e. The van der Waals surface area contributed by atoms with Crippen LogP contribution in [0.1, 0.15) is 31.8 Å². The van der Waals surface area contributed by atoms with E-state index in [-0.39, 0.29) is 12.4 Å². The SMILES string of the molecule is CCCc1nc(-c2ccncc2)cn2c(CC(=O)OCC)nnc12. The molecule has 0 unspecified atom stereocenters. The van der Waals surface area contributed by atoms with Crippen LogP contribution in [0.2, 0.25) is 0 Å². The van der Waals surface area contributed by atoms with E-state index < -0.39 is 0 Å². The van der Waals surface area contributed by atoms with Crippen LogP contribution in [0.3, 0.4) is 0 Å². The molecule has 0 bridgehead atoms. The lowest BCUT2D eigenvalue weighted by molar-refractivity contribution is -0.142. The van der Waals surface area contributed by atoms with Gasteiger partial charge in [-0.05, 0) is 25.5 Å². The van der Waals surface area contributed by atoms with Crippen molar-refractivity contribution in [3.05, 3.63) is 42.2 Å². The summed E-state index contributed by atoms with van der Waals surface area (Å²) < 4.78 is 6.85. The molecule has 0 aliphatic heterocycles. The summed E-state index contributed by atoms with van der Waals surface area (Å²) in [6.07, 6.45) is 7.14. The molecule has 0 spiro atoms. The van der Waals surface area contributed by atoms with Gasteiger partial charge in [0.25, 0.3) is 0 Å². The van der Waals surface area contributed by atoms with E-state index in [2.05, 4.69) is 22.1 Å². The highest BCUT2D eigenvalue weighted by atomic mass is 16.5. The Morgan fingerprint density at radius 3 is 2.71 bits per heavy atom. The normalized spacial score (nSPS) is 10.9. The van der Waals surface area contributed by atoms with Gasteiger partial charge in [0.15, 0.2) is 5.65 Å². The maximum atomic E-state index is 11.8. The number of esters is 1. The van der Waals surface area contributed by atoms with Crippen LogP contribution in [0, 0.1) is 0 Å². The maximum Gasteiger partial charge on any atom is 0.313 e. The van der Waals surface area contributed by atoms with Crippen molar-refractivity contribution in [1.82, 2.24) is 24.6 Å². The van der Waals surface area contributed by atoms with Crippen LogP contribution < -0.4 is 0 Å². The Kier molecular flexibility index (Phi) is 4.79. The van der Waals surface area contributed by atoms with E-state index in [1.165, 1.54) is 0 Å². The minimum atomic E-state index is -0.314. The molecule has 0 aliphatic rings. The predicted molar refractivity (Wildman–Crippen MR) is 88.3 cm³/mol. The monoisotopic (exact) mass is 325 g/mol. The van der Waals surface area contributed by atoms with E-state index in [1.807, 2.05) is 22.7 Å². The fourth-order valence-corrected chi connectivity index (χ4v) is 2.53. The molecule has 0 saturated carbocycles. The molecule has 0 fully saturated rings. The number of aryl methyl sites for hydroxylation is 1. The molecule has 7 heteroatoms. The van der Waals surface area contributed by atoms with Crippen molar-refractivity contribution in [1.29, 1.82) is 0 Å². The summed E-state index contributed by atoms with van der Waals surface area (Å²) in [5.74, 6) is 0.240. The van der Waals surface area contributed by atoms with Crippen molar-refractivity contribution in [2.45, 2.75) is 33.1 Å². The second kappa shape index (κ2) is 7.16. The zero-order chi connectivity index (χ0) is 16.9. The molecule has 124 valence electrons. The van der Waals surface area contributed by atoms with Gasteiger partial charge in [-0.15, -0.1) is 10.2 Å². The molecule has 3 heterocycles. The molecule has 0 aromatic carbocycles. The fraction of sp³-hybridized carbons (Fsp3) is 0.353. The third kappa shape index (κ3) is 3.24. The molecule has 3 aromatic rings. The van der Waals surface area contributed by atoms with Crippen molar-refractivity contribution in [3.63, 3.8) is 0 Å². The average molecular weight is 325 g/mol. The first kappa shape index (κ1) is 16.0. The Balaban J connectivity index is 2.09. The molecule has 0 amide bonds. The molecule has 7 nitrogen and oxygen atoms in total. The molecule has 0 atom stereocenters. The number of pyridine rings is 1. The highest BCUT2D eigenvalue weighted by Gasteiger charge is 2.16. The van der Waals surface area contributed by atoms with Gasteiger partial charge in [-0.1, -0.05) is 13.3 Å². The largest absolute Gasteiger partial charge is 0.466 e. The van der Waals surface area contributed by atoms with Crippen LogP contribution in [-0.2, 0) is 22.4 Å². The first-order valence-corrected chi connectivity index (χ1v) is 8.02. The number of ether oxygens (including phenoxy) is 1. The van der Waals surface area contributed by atoms with Crippen LogP contribution in [0.25, 0.3) is 16.9 Å². The van der Waals surface area contributed by atoms with E-state index >= 15 is 0 Å². The number of fused-ring (bicyclic) bond motifs is 1. The van der Waals surface area contributed by atoms with Crippen LogP contribution in [0.15, 0.2) is 30.7 Å². The molecule has 0 N–H and O–H groups in total. The number of carbonyl (C=O) groups excluding carboxylic acids is 1. The van der Waals surface area contributed by atoms with Gasteiger partial charge in [-0.25, -0.2) is 4.98 Å². The average Bonchev–Trinajstić information content (AvgIpc) is 2.99. The van der Waals surface area contributed by atoms with E-state index in [1.54, 1.807) is 19.3 Å². The third-order valence-electron chi connectivity index (χ3n) is 3.60. The molecule has 0 saturated heterocycles. The quantitative estimate of drug-likeness (QED) is 0.646. The van der Waals surface area contributed by atoms with Gasteiger partial charge in [0.1, 0.15) is 12.2 Å². The van der Waals surface area contributed by atoms with Gasteiger partial charge < -0.3 is 4.74 Å². The second-order valence-electron chi connectivity index (χ2n) is 5.35. The molecular weight excluding hydrogens is 306 g/mol. The molecule has 0 aliphatic carbocycles. The number of rotatable bonds is 6. The van der Waals surface area contributed by atoms with Gasteiger partial charge in [0, 0.05) is 24.2 Å². The first-order chi connectivity index (χ1) is 11.7. The van der Waals surface area contributed by atoms with Gasteiger partial charge in [-0.3, -0.25) is 14.2 Å². The maximum absolute atomic E-state index is 11.8. The van der Waals surface area contributed by atoms with Crippen molar-refractivity contribution >= 4 is 11.6 Å². The summed E-state index contributed by atoms with van der Waals surface area (Å²) in [7, 11) is 0. The molecule has 3 rings (SSSR count). The summed E-state index contributed by atoms with van der Waals surface area (Å²) in [5.41, 5.74) is 3.32. The van der Waals surface area contributed by atoms with Crippen molar-refractivity contribution in [2.24, 2.45) is 0 Å². The van der Waals surface area contributed by atoms with Gasteiger partial charge in [0.05, 0.1) is 18.0 Å². The number of hydrogen-bond donors (Lipinski definition) is 0. The molecule has 3 aromatic heterocycles. The molecule has 0 radical (unpaired) electrons. The first-order valence-electron chi connectivity index (χ1n) is 8.02. The second-order valence-corrected chi connectivity index (χ2v) is 5.35. The molecule has 24 heavy (non-hydrogen) atoms. The zero-order valence-corrected chi connectivity index (χ0v) is 13.8. The summed E-state index contributed by atoms with van der Waals surface area (Å²) in [4.78, 5) is 20.6. The summed E-state index contributed by atoms with van der Waals surface area (Å²) in [5, 5.41) is 8.37. The Hall–Kier alpha value is -2.83. The summed E-state index contributed by atoms with van der Waals surface area (Å²) in [6.45, 7) is 4.22. The van der Waals surface area contributed by atoms with Crippen LogP contribution in [0.5, 0.6) is 0 Å². The molecular formula is C17H19N5O2. The minimum Gasteiger partial charge on any atom is -0.466 e. The highest BCUT2D eigenvalue weighted by Crippen LogP contribution is 2.20. The van der Waals surface area contributed by atoms with Gasteiger partial charge in [-0.2, -0.15) is 0 Å². The summed E-state index contributed by atoms with van der Waals surface area (Å²) >= 11 is 0. The topological polar surface area (TPSA) is 82.3 Å². The van der Waals surface area contributed by atoms with Gasteiger partial charge in [0.2, 0.25) is 0 Å². The van der Waals surface area contributed by atoms with E-state index in [4.69, 9.17) is 9.72 Å². The Bertz CT molecular complexity index is 845. The number of nitrogens with zero attached hydrogens (tertiary/aromatic N) is 5. The van der Waals surface area contributed by atoms with E-state index in [0.717, 1.165) is 29.8 Å². The van der Waals surface area contributed by atoms with Crippen molar-refractivity contribution < 1.29 is 9.53 Å². The number of carbonyl (C=O) groups is 1. The predicted octanol–water partition coefficient (Wildman–Crippen LogP) is 2.24.